The quantitative estimate of drug-likeness (QED) is 0.677. The van der Waals surface area contributed by atoms with Crippen molar-refractivity contribution < 1.29 is 22.7 Å². The maximum atomic E-state index is 12.5. The molecule has 21 heavy (non-hydrogen) atoms. The first kappa shape index (κ1) is 18.2. The number of carbonyl (C=O) groups is 1. The summed E-state index contributed by atoms with van der Waals surface area (Å²) in [5.74, 6) is -1.61. The number of nitrogens with one attached hydrogen (secondary N) is 2. The van der Waals surface area contributed by atoms with Crippen molar-refractivity contribution in [3.63, 3.8) is 0 Å². The zero-order valence-electron chi connectivity index (χ0n) is 12.5. The first-order valence-electron chi connectivity index (χ1n) is 7.11. The number of rotatable bonds is 7. The lowest BCUT2D eigenvalue weighted by Gasteiger charge is -2.30. The van der Waals surface area contributed by atoms with Crippen molar-refractivity contribution in [3.8, 4) is 0 Å². The Bertz CT molecular complexity index is 316. The van der Waals surface area contributed by atoms with Crippen LogP contribution in [0.15, 0.2) is 0 Å². The monoisotopic (exact) mass is 311 g/mol. The first-order chi connectivity index (χ1) is 9.80. The van der Waals surface area contributed by atoms with Crippen molar-refractivity contribution in [2.75, 3.05) is 46.9 Å². The number of carbonyl (C=O) groups excluding carboxylic acids is 1. The van der Waals surface area contributed by atoms with E-state index in [-0.39, 0.29) is 25.3 Å². The predicted octanol–water partition coefficient (Wildman–Crippen LogP) is 0.611. The molecule has 2 N–H and O–H groups in total. The largest absolute Gasteiger partial charge is 0.393 e. The zero-order valence-corrected chi connectivity index (χ0v) is 12.5. The summed E-state index contributed by atoms with van der Waals surface area (Å²) < 4.78 is 42.8. The molecule has 1 aliphatic rings. The third kappa shape index (κ3) is 7.10. The van der Waals surface area contributed by atoms with Crippen LogP contribution < -0.4 is 10.6 Å². The molecule has 8 heteroatoms. The second-order valence-corrected chi connectivity index (χ2v) is 5.48. The molecule has 0 radical (unpaired) electrons. The molecule has 2 unspecified atom stereocenters. The summed E-state index contributed by atoms with van der Waals surface area (Å²) in [6, 6.07) is -0.537. The van der Waals surface area contributed by atoms with Gasteiger partial charge in [0.2, 0.25) is 5.91 Å². The number of halogens is 3. The predicted molar refractivity (Wildman–Crippen MR) is 73.0 cm³/mol. The van der Waals surface area contributed by atoms with Gasteiger partial charge in [-0.25, -0.2) is 0 Å². The highest BCUT2D eigenvalue weighted by Gasteiger charge is 2.42. The second kappa shape index (κ2) is 8.55. The van der Waals surface area contributed by atoms with Gasteiger partial charge < -0.3 is 20.3 Å². The maximum Gasteiger partial charge on any atom is 0.393 e. The van der Waals surface area contributed by atoms with Gasteiger partial charge in [-0.2, -0.15) is 13.2 Å². The Morgan fingerprint density at radius 2 is 2.05 bits per heavy atom. The average molecular weight is 311 g/mol. The van der Waals surface area contributed by atoms with Crippen molar-refractivity contribution in [3.05, 3.63) is 0 Å². The highest BCUT2D eigenvalue weighted by molar-refractivity contribution is 5.81. The van der Waals surface area contributed by atoms with E-state index >= 15 is 0 Å². The minimum atomic E-state index is -4.19. The minimum absolute atomic E-state index is 0.00603. The zero-order chi connectivity index (χ0) is 15.9. The molecule has 1 heterocycles. The van der Waals surface area contributed by atoms with Crippen LogP contribution in [-0.2, 0) is 9.53 Å². The molecule has 0 aliphatic carbocycles. The highest BCUT2D eigenvalue weighted by atomic mass is 19.4. The van der Waals surface area contributed by atoms with Crippen LogP contribution in [0, 0.1) is 5.92 Å². The van der Waals surface area contributed by atoms with Gasteiger partial charge in [0.25, 0.3) is 0 Å². The number of ether oxygens (including phenoxy) is 1. The number of amides is 1. The fraction of sp³-hybridized carbons (Fsp3) is 0.923. The van der Waals surface area contributed by atoms with Crippen LogP contribution in [0.25, 0.3) is 0 Å². The molecule has 0 aromatic heterocycles. The Labute approximate surface area is 123 Å². The number of nitrogens with zero attached hydrogens (tertiary/aromatic N) is 1. The van der Waals surface area contributed by atoms with Crippen molar-refractivity contribution >= 4 is 5.91 Å². The van der Waals surface area contributed by atoms with Gasteiger partial charge in [0, 0.05) is 19.6 Å². The number of piperidine rings is 1. The topological polar surface area (TPSA) is 53.6 Å². The van der Waals surface area contributed by atoms with Crippen molar-refractivity contribution in [1.82, 2.24) is 15.5 Å². The molecule has 0 aromatic rings. The molecule has 0 spiro atoms. The van der Waals surface area contributed by atoms with E-state index in [1.807, 2.05) is 19.0 Å². The van der Waals surface area contributed by atoms with E-state index in [0.717, 1.165) is 6.54 Å². The van der Waals surface area contributed by atoms with Gasteiger partial charge in [-0.3, -0.25) is 4.79 Å². The Morgan fingerprint density at radius 3 is 2.57 bits per heavy atom. The van der Waals surface area contributed by atoms with Gasteiger partial charge in [0.1, 0.15) is 0 Å². The second-order valence-electron chi connectivity index (χ2n) is 5.48. The summed E-state index contributed by atoms with van der Waals surface area (Å²) in [4.78, 5) is 13.8. The number of hydrogen-bond acceptors (Lipinski definition) is 4. The van der Waals surface area contributed by atoms with E-state index < -0.39 is 18.1 Å². The highest BCUT2D eigenvalue weighted by Crippen LogP contribution is 2.31. The summed E-state index contributed by atoms with van der Waals surface area (Å²) in [5.41, 5.74) is 0. The fourth-order valence-electron chi connectivity index (χ4n) is 2.08. The third-order valence-corrected chi connectivity index (χ3v) is 3.42. The molecule has 124 valence electrons. The normalized spacial score (nSPS) is 23.3. The van der Waals surface area contributed by atoms with Crippen LogP contribution in [0.1, 0.15) is 12.8 Å². The van der Waals surface area contributed by atoms with Crippen molar-refractivity contribution in [2.45, 2.75) is 25.1 Å². The van der Waals surface area contributed by atoms with E-state index in [1.165, 1.54) is 0 Å². The van der Waals surface area contributed by atoms with Crippen LogP contribution in [0.4, 0.5) is 13.2 Å². The van der Waals surface area contributed by atoms with E-state index in [4.69, 9.17) is 4.74 Å². The van der Waals surface area contributed by atoms with Gasteiger partial charge in [-0.15, -0.1) is 0 Å². The molecule has 1 rings (SSSR count). The lowest BCUT2D eigenvalue weighted by atomic mass is 9.94. The fourth-order valence-corrected chi connectivity index (χ4v) is 2.08. The van der Waals surface area contributed by atoms with Gasteiger partial charge in [-0.05, 0) is 26.9 Å². The molecule has 5 nitrogen and oxygen atoms in total. The van der Waals surface area contributed by atoms with Crippen molar-refractivity contribution in [2.24, 2.45) is 5.92 Å². The Hall–Kier alpha value is -0.860. The summed E-state index contributed by atoms with van der Waals surface area (Å²) in [5, 5.41) is 5.34. The molecule has 2 atom stereocenters. The Balaban J connectivity index is 2.11. The van der Waals surface area contributed by atoms with Gasteiger partial charge in [-0.1, -0.05) is 0 Å². The average Bonchev–Trinajstić information content (AvgIpc) is 2.41. The molecular weight excluding hydrogens is 287 g/mol. The molecular formula is C13H24F3N3O2. The lowest BCUT2D eigenvalue weighted by molar-refractivity contribution is -0.180. The SMILES string of the molecule is CN(C)CCOCCNC(=O)C1CCC(C(F)(F)F)CN1. The van der Waals surface area contributed by atoms with Crippen LogP contribution >= 0.6 is 0 Å². The van der Waals surface area contributed by atoms with Gasteiger partial charge in [0.05, 0.1) is 25.2 Å². The van der Waals surface area contributed by atoms with E-state index in [1.54, 1.807) is 0 Å². The van der Waals surface area contributed by atoms with Crippen LogP contribution in [-0.4, -0.2) is 70.0 Å². The van der Waals surface area contributed by atoms with Crippen LogP contribution in [0.5, 0.6) is 0 Å². The maximum absolute atomic E-state index is 12.5. The summed E-state index contributed by atoms with van der Waals surface area (Å²) in [6.45, 7) is 1.96. The third-order valence-electron chi connectivity index (χ3n) is 3.42. The smallest absolute Gasteiger partial charge is 0.378 e. The van der Waals surface area contributed by atoms with Crippen LogP contribution in [0.2, 0.25) is 0 Å². The molecule has 1 amide bonds. The van der Waals surface area contributed by atoms with Gasteiger partial charge in [0.15, 0.2) is 0 Å². The van der Waals surface area contributed by atoms with Crippen LogP contribution in [0.3, 0.4) is 0 Å². The Kier molecular flexibility index (Phi) is 7.41. The molecule has 1 fully saturated rings. The molecule has 1 aliphatic heterocycles. The number of likely N-dealkylation sites (N-methyl/N-ethyl adjacent to an activating group) is 1. The summed E-state index contributed by atoms with van der Waals surface area (Å²) in [7, 11) is 3.88. The molecule has 0 aromatic carbocycles. The standard InChI is InChI=1S/C13H24F3N3O2/c1-19(2)6-8-21-7-5-17-12(20)11-4-3-10(9-18-11)13(14,15)16/h10-11,18H,3-9H2,1-2H3,(H,17,20). The Morgan fingerprint density at radius 1 is 1.33 bits per heavy atom. The van der Waals surface area contributed by atoms with Crippen molar-refractivity contribution in [1.29, 1.82) is 0 Å². The molecule has 0 bridgehead atoms. The van der Waals surface area contributed by atoms with E-state index in [0.29, 0.717) is 19.8 Å². The number of hydrogen-bond donors (Lipinski definition) is 2. The minimum Gasteiger partial charge on any atom is -0.378 e. The van der Waals surface area contributed by atoms with E-state index in [9.17, 15) is 18.0 Å². The first-order valence-corrected chi connectivity index (χ1v) is 7.11. The number of alkyl halides is 3. The molecule has 1 saturated heterocycles. The van der Waals surface area contributed by atoms with Gasteiger partial charge >= 0.3 is 6.18 Å². The summed E-state index contributed by atoms with van der Waals surface area (Å²) >= 11 is 0. The lowest BCUT2D eigenvalue weighted by Crippen LogP contribution is -2.51. The van der Waals surface area contributed by atoms with E-state index in [2.05, 4.69) is 10.6 Å². The summed E-state index contributed by atoms with van der Waals surface area (Å²) in [6.07, 6.45) is -3.99. The molecule has 0 saturated carbocycles.